The lowest BCUT2D eigenvalue weighted by atomic mass is 9.92. The summed E-state index contributed by atoms with van der Waals surface area (Å²) in [6.07, 6.45) is 3.20. The van der Waals surface area contributed by atoms with Gasteiger partial charge in [0, 0.05) is 36.0 Å². The van der Waals surface area contributed by atoms with Crippen molar-refractivity contribution in [1.29, 1.82) is 0 Å². The van der Waals surface area contributed by atoms with Crippen LogP contribution in [0.15, 0.2) is 53.1 Å². The number of hydrogen-bond acceptors (Lipinski definition) is 5. The summed E-state index contributed by atoms with van der Waals surface area (Å²) in [5.74, 6) is -1.41. The predicted octanol–water partition coefficient (Wildman–Crippen LogP) is 3.22. The molecular weight excluding hydrogens is 452 g/mol. The number of carbonyl (C=O) groups is 3. The smallest absolute Gasteiger partial charge is 0.303 e. The van der Waals surface area contributed by atoms with Gasteiger partial charge >= 0.3 is 5.97 Å². The Balaban J connectivity index is 1.68. The Hall–Kier alpha value is -2.94. The number of pyridine rings is 1. The van der Waals surface area contributed by atoms with Crippen molar-refractivity contribution in [3.8, 4) is 0 Å². The second kappa shape index (κ2) is 12.6. The molecule has 0 fully saturated rings. The van der Waals surface area contributed by atoms with Crippen molar-refractivity contribution >= 4 is 39.5 Å². The summed E-state index contributed by atoms with van der Waals surface area (Å²) in [5, 5.41) is 12.3. The number of hydrogen-bond donors (Lipinski definition) is 4. The van der Waals surface area contributed by atoms with Gasteiger partial charge in [-0.2, -0.15) is 0 Å². The molecule has 160 valence electrons. The normalized spacial score (nSPS) is 11.4. The first-order chi connectivity index (χ1) is 14.4. The van der Waals surface area contributed by atoms with Crippen LogP contribution in [0, 0.1) is 0 Å². The van der Waals surface area contributed by atoms with Crippen molar-refractivity contribution in [3.63, 3.8) is 0 Å². The van der Waals surface area contributed by atoms with E-state index >= 15 is 0 Å². The highest BCUT2D eigenvalue weighted by atomic mass is 79.9. The topological polar surface area (TPSA) is 120 Å². The van der Waals surface area contributed by atoms with Crippen molar-refractivity contribution in [1.82, 2.24) is 15.8 Å². The molecule has 1 unspecified atom stereocenters. The molecule has 0 radical (unpaired) electrons. The van der Waals surface area contributed by atoms with Gasteiger partial charge in [-0.25, -0.2) is 4.98 Å². The molecule has 2 aromatic rings. The van der Waals surface area contributed by atoms with Crippen LogP contribution in [-0.2, 0) is 14.4 Å². The van der Waals surface area contributed by atoms with Gasteiger partial charge in [0.2, 0.25) is 11.8 Å². The van der Waals surface area contributed by atoms with Gasteiger partial charge in [0.05, 0.1) is 6.42 Å². The van der Waals surface area contributed by atoms with Gasteiger partial charge in [0.25, 0.3) is 0 Å². The second-order valence-electron chi connectivity index (χ2n) is 6.75. The number of benzene rings is 1. The van der Waals surface area contributed by atoms with E-state index in [1.807, 2.05) is 18.2 Å². The van der Waals surface area contributed by atoms with Gasteiger partial charge in [-0.1, -0.05) is 34.1 Å². The summed E-state index contributed by atoms with van der Waals surface area (Å²) < 4.78 is 0.868. The third kappa shape index (κ3) is 9.04. The zero-order valence-electron chi connectivity index (χ0n) is 16.4. The molecule has 1 heterocycles. The molecule has 2 rings (SSSR count). The molecule has 1 aromatic carbocycles. The fourth-order valence-corrected chi connectivity index (χ4v) is 3.09. The summed E-state index contributed by atoms with van der Waals surface area (Å²) in [6.45, 7) is 0.695. The van der Waals surface area contributed by atoms with Crippen molar-refractivity contribution in [2.45, 2.75) is 38.0 Å². The summed E-state index contributed by atoms with van der Waals surface area (Å²) in [7, 11) is 0. The highest BCUT2D eigenvalue weighted by Crippen LogP contribution is 2.25. The zero-order chi connectivity index (χ0) is 21.8. The molecule has 9 heteroatoms. The van der Waals surface area contributed by atoms with Gasteiger partial charge in [0.1, 0.15) is 5.82 Å². The monoisotopic (exact) mass is 476 g/mol. The number of carboxylic acids is 1. The maximum absolute atomic E-state index is 12.2. The first-order valence-electron chi connectivity index (χ1n) is 9.64. The van der Waals surface area contributed by atoms with Crippen molar-refractivity contribution in [2.24, 2.45) is 0 Å². The Bertz CT molecular complexity index is 831. The highest BCUT2D eigenvalue weighted by Gasteiger charge is 2.19. The maximum Gasteiger partial charge on any atom is 0.303 e. The molecule has 2 amide bonds. The van der Waals surface area contributed by atoms with E-state index in [2.05, 4.69) is 37.1 Å². The second-order valence-corrected chi connectivity index (χ2v) is 7.66. The average Bonchev–Trinajstić information content (AvgIpc) is 2.72. The maximum atomic E-state index is 12.2. The van der Waals surface area contributed by atoms with Crippen LogP contribution in [0.3, 0.4) is 0 Å². The van der Waals surface area contributed by atoms with Crippen molar-refractivity contribution in [3.05, 3.63) is 58.7 Å². The number of anilines is 1. The summed E-state index contributed by atoms with van der Waals surface area (Å²) in [5.41, 5.74) is 5.50. The fraction of sp³-hybridized carbons (Fsp3) is 0.333. The first-order valence-corrected chi connectivity index (χ1v) is 10.4. The minimum atomic E-state index is -0.987. The van der Waals surface area contributed by atoms with E-state index in [4.69, 9.17) is 5.11 Å². The van der Waals surface area contributed by atoms with Gasteiger partial charge in [-0.15, -0.1) is 0 Å². The number of nitrogens with zero attached hydrogens (tertiary/aromatic N) is 1. The van der Waals surface area contributed by atoms with E-state index in [0.29, 0.717) is 13.0 Å². The number of aromatic nitrogens is 1. The Morgan fingerprint density at radius 3 is 2.37 bits per heavy atom. The molecule has 0 saturated carbocycles. The molecule has 4 N–H and O–H groups in total. The van der Waals surface area contributed by atoms with E-state index in [-0.39, 0.29) is 25.2 Å². The molecule has 1 aromatic heterocycles. The average molecular weight is 477 g/mol. The quantitative estimate of drug-likeness (QED) is 0.291. The molecular formula is C21H25BrN4O4. The van der Waals surface area contributed by atoms with Crippen LogP contribution >= 0.6 is 15.9 Å². The summed E-state index contributed by atoms with van der Waals surface area (Å²) in [6, 6.07) is 12.8. The summed E-state index contributed by atoms with van der Waals surface area (Å²) >= 11 is 3.33. The molecule has 8 nitrogen and oxygen atoms in total. The number of rotatable bonds is 11. The first kappa shape index (κ1) is 23.3. The molecule has 0 bridgehead atoms. The van der Waals surface area contributed by atoms with Gasteiger partial charge < -0.3 is 10.4 Å². The molecule has 0 aliphatic rings. The van der Waals surface area contributed by atoms with Crippen molar-refractivity contribution < 1.29 is 19.5 Å². The molecule has 0 aliphatic carbocycles. The molecule has 1 atom stereocenters. The number of unbranched alkanes of at least 4 members (excludes halogenated alkanes) is 1. The van der Waals surface area contributed by atoms with Crippen LogP contribution in [0.4, 0.5) is 5.82 Å². The van der Waals surface area contributed by atoms with E-state index in [0.717, 1.165) is 22.3 Å². The number of nitrogens with one attached hydrogen (secondary N) is 3. The third-order valence-corrected chi connectivity index (χ3v) is 4.87. The molecule has 30 heavy (non-hydrogen) atoms. The number of hydrazine groups is 1. The number of carboxylic acid groups (broad SMARTS) is 1. The van der Waals surface area contributed by atoms with E-state index in [1.54, 1.807) is 30.5 Å². The Morgan fingerprint density at radius 2 is 1.70 bits per heavy atom. The van der Waals surface area contributed by atoms with Gasteiger partial charge in [0.15, 0.2) is 0 Å². The molecule has 0 aliphatic heterocycles. The summed E-state index contributed by atoms with van der Waals surface area (Å²) in [4.78, 5) is 39.4. The Kier molecular flexibility index (Phi) is 9.79. The standard InChI is InChI=1S/C21H25BrN4O4/c22-17-9-7-15(8-10-17)16(14-21(29)30)13-20(28)26-25-19(27)6-2-4-12-24-18-5-1-3-11-23-18/h1,3,5,7-11,16H,2,4,6,12-14H2,(H,23,24)(H,25,27)(H,26,28)(H,29,30). The lowest BCUT2D eigenvalue weighted by Gasteiger charge is -2.15. The van der Waals surface area contributed by atoms with Crippen LogP contribution < -0.4 is 16.2 Å². The third-order valence-electron chi connectivity index (χ3n) is 4.34. The predicted molar refractivity (Wildman–Crippen MR) is 117 cm³/mol. The number of carbonyl (C=O) groups excluding carboxylic acids is 2. The van der Waals surface area contributed by atoms with Crippen molar-refractivity contribution in [2.75, 3.05) is 11.9 Å². The lowest BCUT2D eigenvalue weighted by Crippen LogP contribution is -2.42. The van der Waals surface area contributed by atoms with E-state index in [1.165, 1.54) is 0 Å². The number of aliphatic carboxylic acids is 1. The molecule has 0 spiro atoms. The van der Waals surface area contributed by atoms with Gasteiger partial charge in [-0.3, -0.25) is 25.2 Å². The lowest BCUT2D eigenvalue weighted by molar-refractivity contribution is -0.137. The number of amides is 2. The number of halogens is 1. The SMILES string of the molecule is O=C(O)CC(CC(=O)NNC(=O)CCCCNc1ccccn1)c1ccc(Br)cc1. The van der Waals surface area contributed by atoms with Crippen LogP contribution in [0.25, 0.3) is 0 Å². The Morgan fingerprint density at radius 1 is 0.967 bits per heavy atom. The minimum Gasteiger partial charge on any atom is -0.481 e. The van der Waals surface area contributed by atoms with Crippen LogP contribution in [0.1, 0.15) is 43.6 Å². The van der Waals surface area contributed by atoms with E-state index in [9.17, 15) is 14.4 Å². The van der Waals surface area contributed by atoms with Crippen LogP contribution in [-0.4, -0.2) is 34.4 Å². The van der Waals surface area contributed by atoms with Gasteiger partial charge in [-0.05, 0) is 42.7 Å². The zero-order valence-corrected chi connectivity index (χ0v) is 18.0. The van der Waals surface area contributed by atoms with E-state index < -0.39 is 17.8 Å². The Labute approximate surface area is 183 Å². The fourth-order valence-electron chi connectivity index (χ4n) is 2.82. The highest BCUT2D eigenvalue weighted by molar-refractivity contribution is 9.10. The minimum absolute atomic E-state index is 0.0395. The molecule has 0 saturated heterocycles. The largest absolute Gasteiger partial charge is 0.481 e. The van der Waals surface area contributed by atoms with Crippen LogP contribution in [0.2, 0.25) is 0 Å². The van der Waals surface area contributed by atoms with Crippen LogP contribution in [0.5, 0.6) is 0 Å².